The molecule has 24 heavy (non-hydrogen) atoms. The summed E-state index contributed by atoms with van der Waals surface area (Å²) in [6.07, 6.45) is 4.11. The summed E-state index contributed by atoms with van der Waals surface area (Å²) >= 11 is 0. The van der Waals surface area contributed by atoms with Crippen molar-refractivity contribution in [3.8, 4) is 11.5 Å². The summed E-state index contributed by atoms with van der Waals surface area (Å²) in [5.74, 6) is 1.19. The van der Waals surface area contributed by atoms with Gasteiger partial charge >= 0.3 is 0 Å². The first-order valence-electron chi connectivity index (χ1n) is 8.31. The van der Waals surface area contributed by atoms with Gasteiger partial charge in [-0.05, 0) is 25.0 Å². The highest BCUT2D eigenvalue weighted by molar-refractivity contribution is 5.85. The van der Waals surface area contributed by atoms with Crippen LogP contribution in [0.15, 0.2) is 28.8 Å². The number of nitrogens with two attached hydrogens (primary N) is 1. The fourth-order valence-electron chi connectivity index (χ4n) is 3.50. The zero-order valence-corrected chi connectivity index (χ0v) is 14.4. The third kappa shape index (κ3) is 3.14. The first-order valence-corrected chi connectivity index (χ1v) is 8.31. The molecule has 7 heteroatoms. The van der Waals surface area contributed by atoms with Crippen LogP contribution in [0.5, 0.6) is 0 Å². The molecule has 0 bridgehead atoms. The van der Waals surface area contributed by atoms with Gasteiger partial charge in [-0.15, -0.1) is 12.4 Å². The Morgan fingerprint density at radius 3 is 2.54 bits per heavy atom. The summed E-state index contributed by atoms with van der Waals surface area (Å²) in [4.78, 5) is 6.93. The summed E-state index contributed by atoms with van der Waals surface area (Å²) in [6, 6.07) is 8.15. The first-order chi connectivity index (χ1) is 11.3. The van der Waals surface area contributed by atoms with Crippen LogP contribution in [0.4, 0.5) is 5.69 Å². The molecule has 0 amide bonds. The number of rotatable bonds is 3. The third-order valence-electron chi connectivity index (χ3n) is 4.85. The zero-order chi connectivity index (χ0) is 15.7. The molecular weight excluding hydrogens is 328 g/mol. The number of ether oxygens (including phenoxy) is 1. The molecule has 1 saturated heterocycles. The molecule has 1 aromatic heterocycles. The Balaban J connectivity index is 0.00000169. The summed E-state index contributed by atoms with van der Waals surface area (Å²) in [5.41, 5.74) is 8.10. The average molecular weight is 351 g/mol. The fraction of sp³-hybridized carbons (Fsp3) is 0.529. The predicted octanol–water partition coefficient (Wildman–Crippen LogP) is 2.72. The van der Waals surface area contributed by atoms with E-state index >= 15 is 0 Å². The van der Waals surface area contributed by atoms with E-state index in [1.165, 1.54) is 0 Å². The lowest BCUT2D eigenvalue weighted by atomic mass is 9.98. The number of anilines is 1. The second-order valence-electron chi connectivity index (χ2n) is 6.40. The van der Waals surface area contributed by atoms with Gasteiger partial charge in [0.1, 0.15) is 0 Å². The SMILES string of the molecule is Cl.NC1(c2noc(-c3ccccc3N3CCOCC3)n2)CCCC1. The quantitative estimate of drug-likeness (QED) is 0.917. The van der Waals surface area contributed by atoms with Crippen molar-refractivity contribution in [3.63, 3.8) is 0 Å². The van der Waals surface area contributed by atoms with E-state index in [0.29, 0.717) is 11.7 Å². The van der Waals surface area contributed by atoms with Gasteiger partial charge in [0.15, 0.2) is 5.82 Å². The van der Waals surface area contributed by atoms with E-state index in [0.717, 1.165) is 63.2 Å². The smallest absolute Gasteiger partial charge is 0.260 e. The van der Waals surface area contributed by atoms with Crippen LogP contribution in [0.2, 0.25) is 0 Å². The Labute approximate surface area is 147 Å². The van der Waals surface area contributed by atoms with Gasteiger partial charge in [0.25, 0.3) is 5.89 Å². The number of halogens is 1. The van der Waals surface area contributed by atoms with E-state index in [2.05, 4.69) is 21.1 Å². The molecule has 2 heterocycles. The van der Waals surface area contributed by atoms with Crippen molar-refractivity contribution in [2.75, 3.05) is 31.2 Å². The van der Waals surface area contributed by atoms with E-state index in [4.69, 9.17) is 15.0 Å². The number of nitrogens with zero attached hydrogens (tertiary/aromatic N) is 3. The minimum absolute atomic E-state index is 0. The van der Waals surface area contributed by atoms with Crippen molar-refractivity contribution >= 4 is 18.1 Å². The lowest BCUT2D eigenvalue weighted by Crippen LogP contribution is -2.36. The number of hydrogen-bond acceptors (Lipinski definition) is 6. The van der Waals surface area contributed by atoms with Gasteiger partial charge < -0.3 is 19.9 Å². The molecule has 1 aliphatic carbocycles. The minimum atomic E-state index is -0.421. The van der Waals surface area contributed by atoms with Gasteiger partial charge in [0.05, 0.1) is 24.3 Å². The summed E-state index contributed by atoms with van der Waals surface area (Å²) in [7, 11) is 0. The number of benzene rings is 1. The topological polar surface area (TPSA) is 77.4 Å². The van der Waals surface area contributed by atoms with Crippen LogP contribution < -0.4 is 10.6 Å². The fourth-order valence-corrected chi connectivity index (χ4v) is 3.50. The van der Waals surface area contributed by atoms with Crippen molar-refractivity contribution in [3.05, 3.63) is 30.1 Å². The molecule has 130 valence electrons. The molecule has 6 nitrogen and oxygen atoms in total. The molecule has 2 fully saturated rings. The molecule has 1 saturated carbocycles. The van der Waals surface area contributed by atoms with Gasteiger partial charge in [-0.25, -0.2) is 0 Å². The Kier molecular flexibility index (Phi) is 5.08. The van der Waals surface area contributed by atoms with E-state index in [1.54, 1.807) is 0 Å². The highest BCUT2D eigenvalue weighted by Crippen LogP contribution is 2.37. The molecule has 1 aliphatic heterocycles. The lowest BCUT2D eigenvalue weighted by molar-refractivity contribution is 0.122. The Bertz CT molecular complexity index is 679. The van der Waals surface area contributed by atoms with Crippen LogP contribution in [0.3, 0.4) is 0 Å². The third-order valence-corrected chi connectivity index (χ3v) is 4.85. The zero-order valence-electron chi connectivity index (χ0n) is 13.6. The molecule has 1 aromatic carbocycles. The van der Waals surface area contributed by atoms with E-state index in [-0.39, 0.29) is 12.4 Å². The van der Waals surface area contributed by atoms with Gasteiger partial charge in [0.2, 0.25) is 0 Å². The maximum absolute atomic E-state index is 6.44. The molecular formula is C17H23ClN4O2. The van der Waals surface area contributed by atoms with Gasteiger partial charge in [-0.2, -0.15) is 4.98 Å². The van der Waals surface area contributed by atoms with Crippen LogP contribution in [-0.4, -0.2) is 36.4 Å². The van der Waals surface area contributed by atoms with E-state index in [1.807, 2.05) is 18.2 Å². The Morgan fingerprint density at radius 1 is 1.08 bits per heavy atom. The van der Waals surface area contributed by atoms with Crippen LogP contribution in [-0.2, 0) is 10.3 Å². The van der Waals surface area contributed by atoms with Gasteiger partial charge in [0, 0.05) is 18.8 Å². The standard InChI is InChI=1S/C17H22N4O2.ClH/c18-17(7-3-4-8-17)16-19-15(23-20-16)13-5-1-2-6-14(13)21-9-11-22-12-10-21;/h1-2,5-6H,3-4,7-12,18H2;1H. The maximum atomic E-state index is 6.44. The number of aromatic nitrogens is 2. The first kappa shape index (κ1) is 17.2. The molecule has 0 spiro atoms. The Morgan fingerprint density at radius 2 is 1.79 bits per heavy atom. The van der Waals surface area contributed by atoms with Crippen molar-refractivity contribution in [1.29, 1.82) is 0 Å². The second kappa shape index (κ2) is 7.09. The highest BCUT2D eigenvalue weighted by atomic mass is 35.5. The van der Waals surface area contributed by atoms with Gasteiger partial charge in [-0.3, -0.25) is 0 Å². The largest absolute Gasteiger partial charge is 0.378 e. The molecule has 2 aliphatic rings. The average Bonchev–Trinajstić information content (AvgIpc) is 3.26. The molecule has 0 unspecified atom stereocenters. The lowest BCUT2D eigenvalue weighted by Gasteiger charge is -2.29. The Hall–Kier alpha value is -1.63. The monoisotopic (exact) mass is 350 g/mol. The predicted molar refractivity (Wildman–Crippen MR) is 94.3 cm³/mol. The molecule has 0 atom stereocenters. The highest BCUT2D eigenvalue weighted by Gasteiger charge is 2.36. The number of para-hydroxylation sites is 1. The van der Waals surface area contributed by atoms with Crippen molar-refractivity contribution in [1.82, 2.24) is 10.1 Å². The van der Waals surface area contributed by atoms with Crippen LogP contribution >= 0.6 is 12.4 Å². The molecule has 0 radical (unpaired) electrons. The number of morpholine rings is 1. The summed E-state index contributed by atoms with van der Waals surface area (Å²) in [5, 5.41) is 4.18. The van der Waals surface area contributed by atoms with E-state index < -0.39 is 5.54 Å². The minimum Gasteiger partial charge on any atom is -0.378 e. The van der Waals surface area contributed by atoms with Crippen LogP contribution in [0, 0.1) is 0 Å². The summed E-state index contributed by atoms with van der Waals surface area (Å²) < 4.78 is 11.0. The van der Waals surface area contributed by atoms with E-state index in [9.17, 15) is 0 Å². The van der Waals surface area contributed by atoms with Crippen molar-refractivity contribution in [2.24, 2.45) is 5.73 Å². The van der Waals surface area contributed by atoms with Crippen molar-refractivity contribution in [2.45, 2.75) is 31.2 Å². The van der Waals surface area contributed by atoms with Gasteiger partial charge in [-0.1, -0.05) is 30.1 Å². The second-order valence-corrected chi connectivity index (χ2v) is 6.40. The normalized spacial score (nSPS) is 20.0. The molecule has 2 aromatic rings. The van der Waals surface area contributed by atoms with Crippen LogP contribution in [0.1, 0.15) is 31.5 Å². The van der Waals surface area contributed by atoms with Crippen LogP contribution in [0.25, 0.3) is 11.5 Å². The maximum Gasteiger partial charge on any atom is 0.260 e. The van der Waals surface area contributed by atoms with Crippen molar-refractivity contribution < 1.29 is 9.26 Å². The number of hydrogen-bond donors (Lipinski definition) is 1. The molecule has 2 N–H and O–H groups in total. The summed E-state index contributed by atoms with van der Waals surface area (Å²) in [6.45, 7) is 3.24. The molecule has 4 rings (SSSR count).